The molecule has 0 amide bonds. The Labute approximate surface area is 177 Å². The largest absolute Gasteiger partial charge is 0.468 e. The standard InChI is InChI=1S/C21H23F3N6O/c1-12(2)19-18(20-27-29-30-28-20)17(14-6-4-3-5-7-15(14)26-19)13-8-9-25-16(10-13)31-11-21(22,23)24/h8-10,12H,3-7,11H2,1-2H3,(H,27,28,29,30). The Morgan fingerprint density at radius 1 is 1.13 bits per heavy atom. The van der Waals surface area contributed by atoms with Crippen LogP contribution in [0.15, 0.2) is 18.3 Å². The van der Waals surface area contributed by atoms with Crippen LogP contribution >= 0.6 is 0 Å². The summed E-state index contributed by atoms with van der Waals surface area (Å²) in [5.74, 6) is 0.491. The van der Waals surface area contributed by atoms with E-state index in [9.17, 15) is 13.2 Å². The van der Waals surface area contributed by atoms with Gasteiger partial charge in [-0.25, -0.2) is 10.1 Å². The molecule has 0 bridgehead atoms. The first-order valence-corrected chi connectivity index (χ1v) is 10.3. The van der Waals surface area contributed by atoms with Gasteiger partial charge in [-0.3, -0.25) is 4.98 Å². The maximum Gasteiger partial charge on any atom is 0.422 e. The lowest BCUT2D eigenvalue weighted by atomic mass is 9.87. The summed E-state index contributed by atoms with van der Waals surface area (Å²) >= 11 is 0. The number of hydrogen-bond acceptors (Lipinski definition) is 6. The average Bonchev–Trinajstić information content (AvgIpc) is 3.15. The summed E-state index contributed by atoms with van der Waals surface area (Å²) in [5, 5.41) is 14.4. The van der Waals surface area contributed by atoms with E-state index in [0.717, 1.165) is 60.2 Å². The van der Waals surface area contributed by atoms with E-state index < -0.39 is 12.8 Å². The van der Waals surface area contributed by atoms with E-state index in [1.165, 1.54) is 6.20 Å². The van der Waals surface area contributed by atoms with Crippen LogP contribution in [0.25, 0.3) is 22.5 Å². The van der Waals surface area contributed by atoms with E-state index in [1.807, 2.05) is 13.8 Å². The Morgan fingerprint density at radius 3 is 2.65 bits per heavy atom. The molecule has 164 valence electrons. The van der Waals surface area contributed by atoms with E-state index in [0.29, 0.717) is 11.4 Å². The third-order valence-corrected chi connectivity index (χ3v) is 5.29. The van der Waals surface area contributed by atoms with Crippen LogP contribution in [0.3, 0.4) is 0 Å². The Balaban J connectivity index is 1.93. The van der Waals surface area contributed by atoms with E-state index in [1.54, 1.807) is 12.1 Å². The smallest absolute Gasteiger partial charge is 0.422 e. The number of pyridine rings is 2. The Hall–Kier alpha value is -3.04. The van der Waals surface area contributed by atoms with Crippen molar-refractivity contribution in [1.82, 2.24) is 30.6 Å². The highest BCUT2D eigenvalue weighted by Gasteiger charge is 2.29. The molecular formula is C21H23F3N6O. The third-order valence-electron chi connectivity index (χ3n) is 5.29. The number of aromatic nitrogens is 6. The van der Waals surface area contributed by atoms with Gasteiger partial charge in [-0.1, -0.05) is 20.3 Å². The van der Waals surface area contributed by atoms with Crippen LogP contribution in [0.4, 0.5) is 13.2 Å². The summed E-state index contributed by atoms with van der Waals surface area (Å²) in [6.07, 6.45) is 1.87. The van der Waals surface area contributed by atoms with E-state index in [-0.39, 0.29) is 11.8 Å². The lowest BCUT2D eigenvalue weighted by Crippen LogP contribution is -2.19. The fourth-order valence-corrected chi connectivity index (χ4v) is 3.98. The number of ether oxygens (including phenoxy) is 1. The Bertz CT molecular complexity index is 1050. The number of tetrazole rings is 1. The second kappa shape index (κ2) is 8.60. The number of rotatable bonds is 5. The number of hydrogen-bond donors (Lipinski definition) is 1. The molecule has 3 heterocycles. The van der Waals surface area contributed by atoms with Crippen molar-refractivity contribution in [3.63, 3.8) is 0 Å². The lowest BCUT2D eigenvalue weighted by molar-refractivity contribution is -0.154. The number of H-pyrrole nitrogens is 1. The van der Waals surface area contributed by atoms with Crippen LogP contribution in [-0.2, 0) is 12.8 Å². The predicted molar refractivity (Wildman–Crippen MR) is 108 cm³/mol. The van der Waals surface area contributed by atoms with Crippen LogP contribution < -0.4 is 4.74 Å². The van der Waals surface area contributed by atoms with Crippen molar-refractivity contribution in [2.75, 3.05) is 6.61 Å². The molecule has 0 unspecified atom stereocenters. The molecule has 4 rings (SSSR count). The van der Waals surface area contributed by atoms with Gasteiger partial charge in [-0.05, 0) is 64.8 Å². The van der Waals surface area contributed by atoms with Gasteiger partial charge in [0.1, 0.15) is 0 Å². The minimum Gasteiger partial charge on any atom is -0.468 e. The van der Waals surface area contributed by atoms with Gasteiger partial charge in [0.2, 0.25) is 5.88 Å². The molecule has 3 aromatic rings. The van der Waals surface area contributed by atoms with E-state index in [4.69, 9.17) is 9.72 Å². The van der Waals surface area contributed by atoms with Gasteiger partial charge in [0.25, 0.3) is 0 Å². The monoisotopic (exact) mass is 432 g/mol. The molecule has 0 aromatic carbocycles. The fraction of sp³-hybridized carbons (Fsp3) is 0.476. The number of fused-ring (bicyclic) bond motifs is 1. The minimum atomic E-state index is -4.44. The van der Waals surface area contributed by atoms with Gasteiger partial charge in [0, 0.05) is 18.0 Å². The summed E-state index contributed by atoms with van der Waals surface area (Å²) in [6.45, 7) is 2.70. The molecule has 0 saturated heterocycles. The predicted octanol–water partition coefficient (Wildman–Crippen LogP) is 4.66. The first-order chi connectivity index (χ1) is 14.8. The van der Waals surface area contributed by atoms with Crippen molar-refractivity contribution in [1.29, 1.82) is 0 Å². The topological polar surface area (TPSA) is 89.5 Å². The van der Waals surface area contributed by atoms with Gasteiger partial charge in [0.05, 0.1) is 11.3 Å². The Kier molecular flexibility index (Phi) is 5.88. The summed E-state index contributed by atoms with van der Waals surface area (Å²) in [4.78, 5) is 8.96. The highest BCUT2D eigenvalue weighted by Crippen LogP contribution is 2.41. The number of nitrogens with zero attached hydrogens (tertiary/aromatic N) is 5. The second-order valence-electron chi connectivity index (χ2n) is 7.92. The summed E-state index contributed by atoms with van der Waals surface area (Å²) in [5.41, 5.74) is 5.33. The molecule has 3 aromatic heterocycles. The second-order valence-corrected chi connectivity index (χ2v) is 7.92. The van der Waals surface area contributed by atoms with Gasteiger partial charge in [-0.15, -0.1) is 5.10 Å². The molecule has 0 aliphatic heterocycles. The SMILES string of the molecule is CC(C)c1nc2c(c(-c3ccnc(OCC(F)(F)F)c3)c1-c1nnn[nH]1)CCCCC2. The molecule has 31 heavy (non-hydrogen) atoms. The summed E-state index contributed by atoms with van der Waals surface area (Å²) in [7, 11) is 0. The van der Waals surface area contributed by atoms with Gasteiger partial charge >= 0.3 is 6.18 Å². The van der Waals surface area contributed by atoms with Crippen LogP contribution in [0.5, 0.6) is 5.88 Å². The third kappa shape index (κ3) is 4.67. The van der Waals surface area contributed by atoms with Crippen molar-refractivity contribution in [2.24, 2.45) is 0 Å². The molecule has 0 spiro atoms. The molecule has 1 aliphatic rings. The zero-order chi connectivity index (χ0) is 22.0. The number of aryl methyl sites for hydroxylation is 1. The zero-order valence-corrected chi connectivity index (χ0v) is 17.3. The quantitative estimate of drug-likeness (QED) is 0.590. The van der Waals surface area contributed by atoms with E-state index in [2.05, 4.69) is 25.6 Å². The molecule has 10 heteroatoms. The molecule has 0 fully saturated rings. The maximum atomic E-state index is 12.6. The van der Waals surface area contributed by atoms with Crippen molar-refractivity contribution < 1.29 is 17.9 Å². The summed E-state index contributed by atoms with van der Waals surface area (Å²) < 4.78 is 42.8. The molecule has 7 nitrogen and oxygen atoms in total. The number of halogens is 3. The maximum absolute atomic E-state index is 12.6. The molecule has 0 saturated carbocycles. The number of nitrogens with one attached hydrogen (secondary N) is 1. The fourth-order valence-electron chi connectivity index (χ4n) is 3.98. The molecule has 1 N–H and O–H groups in total. The number of aromatic amines is 1. The molecule has 1 aliphatic carbocycles. The molecule has 0 atom stereocenters. The van der Waals surface area contributed by atoms with E-state index >= 15 is 0 Å². The van der Waals surface area contributed by atoms with Crippen molar-refractivity contribution in [3.05, 3.63) is 35.3 Å². The summed E-state index contributed by atoms with van der Waals surface area (Å²) in [6, 6.07) is 3.32. The highest BCUT2D eigenvalue weighted by atomic mass is 19.4. The van der Waals surface area contributed by atoms with Crippen molar-refractivity contribution in [2.45, 2.75) is 58.0 Å². The lowest BCUT2D eigenvalue weighted by Gasteiger charge is -2.21. The van der Waals surface area contributed by atoms with Crippen LogP contribution in [0.1, 0.15) is 56.0 Å². The van der Waals surface area contributed by atoms with Crippen molar-refractivity contribution >= 4 is 0 Å². The average molecular weight is 432 g/mol. The minimum absolute atomic E-state index is 0.0817. The molecule has 0 radical (unpaired) electrons. The van der Waals surface area contributed by atoms with Crippen LogP contribution in [0, 0.1) is 0 Å². The number of alkyl halides is 3. The first kappa shape index (κ1) is 21.2. The van der Waals surface area contributed by atoms with Gasteiger partial charge in [0.15, 0.2) is 12.4 Å². The zero-order valence-electron chi connectivity index (χ0n) is 17.3. The normalized spacial score (nSPS) is 14.4. The molecular weight excluding hydrogens is 409 g/mol. The van der Waals surface area contributed by atoms with Gasteiger partial charge in [-0.2, -0.15) is 13.2 Å². The van der Waals surface area contributed by atoms with Crippen LogP contribution in [-0.4, -0.2) is 43.4 Å². The van der Waals surface area contributed by atoms with Crippen molar-refractivity contribution in [3.8, 4) is 28.4 Å². The Morgan fingerprint density at radius 2 is 1.94 bits per heavy atom. The van der Waals surface area contributed by atoms with Gasteiger partial charge < -0.3 is 4.74 Å². The highest BCUT2D eigenvalue weighted by molar-refractivity contribution is 5.85. The van der Waals surface area contributed by atoms with Crippen LogP contribution in [0.2, 0.25) is 0 Å². The first-order valence-electron chi connectivity index (χ1n) is 10.3.